The molecule has 0 radical (unpaired) electrons. The van der Waals surface area contributed by atoms with Crippen molar-refractivity contribution < 1.29 is 0 Å². The lowest BCUT2D eigenvalue weighted by molar-refractivity contribution is 0.235. The summed E-state index contributed by atoms with van der Waals surface area (Å²) in [6.45, 7) is 3.07. The summed E-state index contributed by atoms with van der Waals surface area (Å²) in [4.78, 5) is 0. The molecule has 0 spiro atoms. The van der Waals surface area contributed by atoms with Crippen molar-refractivity contribution in [1.29, 1.82) is 10.5 Å². The summed E-state index contributed by atoms with van der Waals surface area (Å²) in [5, 5.41) is 17.3. The van der Waals surface area contributed by atoms with Gasteiger partial charge in [-0.3, -0.25) is 0 Å². The minimum atomic E-state index is 0.278. The molecule has 3 heteroatoms. The molecule has 1 unspecified atom stereocenters. The zero-order valence-corrected chi connectivity index (χ0v) is 11.7. The Labute approximate surface area is 112 Å². The molecular formula is C15H27N3. The van der Waals surface area contributed by atoms with E-state index < -0.39 is 0 Å². The number of hydrogen-bond donors (Lipinski definition) is 1. The van der Waals surface area contributed by atoms with Crippen LogP contribution in [0.5, 0.6) is 0 Å². The van der Waals surface area contributed by atoms with E-state index in [1.807, 2.05) is 0 Å². The maximum absolute atomic E-state index is 8.74. The molecule has 0 amide bonds. The Kier molecular flexibility index (Phi) is 10.4. The van der Waals surface area contributed by atoms with Gasteiger partial charge in [-0.15, -0.1) is 0 Å². The molecule has 0 aliphatic heterocycles. The molecule has 0 fully saturated rings. The van der Waals surface area contributed by atoms with E-state index >= 15 is 0 Å². The first-order valence-electron chi connectivity index (χ1n) is 7.12. The number of unbranched alkanes of at least 4 members (excludes halogenated alkanes) is 4. The van der Waals surface area contributed by atoms with Gasteiger partial charge in [0.15, 0.2) is 0 Å². The average Bonchev–Trinajstić information content (AvgIpc) is 2.38. The first-order chi connectivity index (χ1) is 8.68. The van der Waals surface area contributed by atoms with Crippen LogP contribution in [0.4, 0.5) is 0 Å². The van der Waals surface area contributed by atoms with E-state index in [1.165, 1.54) is 19.3 Å². The van der Waals surface area contributed by atoms with E-state index in [9.17, 15) is 0 Å². The predicted octanol–water partition coefficient (Wildman–Crippen LogP) is 3.90. The van der Waals surface area contributed by atoms with Crippen LogP contribution in [0.2, 0.25) is 0 Å². The summed E-state index contributed by atoms with van der Waals surface area (Å²) >= 11 is 0. The van der Waals surface area contributed by atoms with Crippen molar-refractivity contribution in [3.8, 4) is 12.1 Å². The average molecular weight is 249 g/mol. The van der Waals surface area contributed by atoms with Gasteiger partial charge in [0.05, 0.1) is 12.1 Å². The van der Waals surface area contributed by atoms with Gasteiger partial charge in [0.25, 0.3) is 0 Å². The van der Waals surface area contributed by atoms with Crippen molar-refractivity contribution in [2.45, 2.75) is 71.1 Å². The van der Waals surface area contributed by atoms with Crippen molar-refractivity contribution in [3.05, 3.63) is 0 Å². The molecule has 1 atom stereocenters. The fourth-order valence-electron chi connectivity index (χ4n) is 2.36. The van der Waals surface area contributed by atoms with Crippen molar-refractivity contribution in [1.82, 2.24) is 0 Å². The summed E-state index contributed by atoms with van der Waals surface area (Å²) in [5.74, 6) is 0. The number of nitrogens with two attached hydrogens (primary N) is 1. The highest BCUT2D eigenvalue weighted by Crippen LogP contribution is 2.35. The molecular weight excluding hydrogens is 222 g/mol. The fraction of sp³-hybridized carbons (Fsp3) is 0.867. The third-order valence-electron chi connectivity index (χ3n) is 3.64. The third-order valence-corrected chi connectivity index (χ3v) is 3.64. The van der Waals surface area contributed by atoms with Gasteiger partial charge in [0, 0.05) is 12.8 Å². The van der Waals surface area contributed by atoms with E-state index in [-0.39, 0.29) is 5.41 Å². The van der Waals surface area contributed by atoms with Crippen LogP contribution in [-0.4, -0.2) is 6.54 Å². The Morgan fingerprint density at radius 3 is 2.00 bits per heavy atom. The van der Waals surface area contributed by atoms with Gasteiger partial charge in [-0.05, 0) is 44.1 Å². The van der Waals surface area contributed by atoms with Crippen LogP contribution in [0.15, 0.2) is 0 Å². The van der Waals surface area contributed by atoms with Gasteiger partial charge in [0.1, 0.15) is 0 Å². The maximum Gasteiger partial charge on any atom is 0.0621 e. The van der Waals surface area contributed by atoms with E-state index in [4.69, 9.17) is 16.3 Å². The lowest BCUT2D eigenvalue weighted by atomic mass is 9.76. The summed E-state index contributed by atoms with van der Waals surface area (Å²) in [6.07, 6.45) is 10.2. The zero-order valence-electron chi connectivity index (χ0n) is 11.7. The van der Waals surface area contributed by atoms with Crippen molar-refractivity contribution in [3.63, 3.8) is 0 Å². The molecule has 102 valence electrons. The number of hydrogen-bond acceptors (Lipinski definition) is 3. The van der Waals surface area contributed by atoms with E-state index in [1.54, 1.807) is 0 Å². The van der Waals surface area contributed by atoms with Crippen LogP contribution in [-0.2, 0) is 0 Å². The summed E-state index contributed by atoms with van der Waals surface area (Å²) in [7, 11) is 0. The summed E-state index contributed by atoms with van der Waals surface area (Å²) in [5.41, 5.74) is 5.78. The smallest absolute Gasteiger partial charge is 0.0621 e. The van der Waals surface area contributed by atoms with Crippen LogP contribution in [0.25, 0.3) is 0 Å². The Balaban J connectivity index is 3.99. The van der Waals surface area contributed by atoms with Crippen LogP contribution < -0.4 is 5.73 Å². The fourth-order valence-corrected chi connectivity index (χ4v) is 2.36. The molecule has 0 bridgehead atoms. The largest absolute Gasteiger partial charge is 0.330 e. The van der Waals surface area contributed by atoms with Crippen LogP contribution >= 0.6 is 0 Å². The molecule has 0 aliphatic rings. The highest BCUT2D eigenvalue weighted by molar-refractivity contribution is 4.81. The summed E-state index contributed by atoms with van der Waals surface area (Å²) < 4.78 is 0. The maximum atomic E-state index is 8.74. The number of rotatable bonds is 11. The lowest BCUT2D eigenvalue weighted by Crippen LogP contribution is -2.16. The monoisotopic (exact) mass is 249 g/mol. The van der Waals surface area contributed by atoms with E-state index in [0.29, 0.717) is 12.8 Å². The normalized spacial score (nSPS) is 13.6. The molecule has 0 heterocycles. The number of nitriles is 2. The molecule has 0 aromatic heterocycles. The Morgan fingerprint density at radius 1 is 0.833 bits per heavy atom. The third kappa shape index (κ3) is 9.02. The lowest BCUT2D eigenvalue weighted by Gasteiger charge is -2.29. The van der Waals surface area contributed by atoms with E-state index in [0.717, 1.165) is 38.6 Å². The van der Waals surface area contributed by atoms with Gasteiger partial charge in [-0.2, -0.15) is 10.5 Å². The zero-order chi connectivity index (χ0) is 13.7. The molecule has 0 saturated heterocycles. The minimum absolute atomic E-state index is 0.278. The minimum Gasteiger partial charge on any atom is -0.330 e. The molecule has 18 heavy (non-hydrogen) atoms. The Morgan fingerprint density at radius 2 is 1.44 bits per heavy atom. The second-order valence-corrected chi connectivity index (χ2v) is 5.43. The molecule has 0 aliphatic carbocycles. The quantitative estimate of drug-likeness (QED) is 0.564. The molecule has 2 N–H and O–H groups in total. The Bertz CT molecular complexity index is 274. The second-order valence-electron chi connectivity index (χ2n) is 5.43. The second kappa shape index (κ2) is 11.1. The van der Waals surface area contributed by atoms with Crippen molar-refractivity contribution in [2.24, 2.45) is 11.1 Å². The molecule has 3 nitrogen and oxygen atoms in total. The van der Waals surface area contributed by atoms with Crippen molar-refractivity contribution >= 4 is 0 Å². The number of nitrogens with zero attached hydrogens (tertiary/aromatic N) is 2. The first kappa shape index (κ1) is 16.9. The van der Waals surface area contributed by atoms with E-state index in [2.05, 4.69) is 19.1 Å². The first-order valence-corrected chi connectivity index (χ1v) is 7.12. The van der Waals surface area contributed by atoms with Gasteiger partial charge in [0.2, 0.25) is 0 Å². The topological polar surface area (TPSA) is 73.6 Å². The van der Waals surface area contributed by atoms with Crippen molar-refractivity contribution in [2.75, 3.05) is 6.54 Å². The van der Waals surface area contributed by atoms with Gasteiger partial charge < -0.3 is 5.73 Å². The highest BCUT2D eigenvalue weighted by Gasteiger charge is 2.22. The van der Waals surface area contributed by atoms with Gasteiger partial charge >= 0.3 is 0 Å². The SMILES string of the molecule is CC(CCC#N)(CCCCC#N)CCCCCN. The van der Waals surface area contributed by atoms with Crippen LogP contribution in [0.1, 0.15) is 71.1 Å². The molecule has 0 aromatic rings. The van der Waals surface area contributed by atoms with Crippen LogP contribution in [0, 0.1) is 28.1 Å². The Hall–Kier alpha value is -1.06. The molecule has 0 saturated carbocycles. The molecule has 0 rings (SSSR count). The standard InChI is InChI=1S/C15H27N3/c1-15(11-8-14-18,9-4-2-6-12-16)10-5-3-7-13-17/h2-12,16H2,1H3. The predicted molar refractivity (Wildman–Crippen MR) is 74.6 cm³/mol. The van der Waals surface area contributed by atoms with Crippen LogP contribution in [0.3, 0.4) is 0 Å². The highest BCUT2D eigenvalue weighted by atomic mass is 14.5. The van der Waals surface area contributed by atoms with Gasteiger partial charge in [-0.25, -0.2) is 0 Å². The summed E-state index contributed by atoms with van der Waals surface area (Å²) in [6, 6.07) is 4.45. The van der Waals surface area contributed by atoms with Gasteiger partial charge in [-0.1, -0.05) is 26.2 Å². The molecule has 0 aromatic carbocycles.